The molecule has 0 unspecified atom stereocenters. The van der Waals surface area contributed by atoms with Crippen LogP contribution in [-0.2, 0) is 6.54 Å². The number of benzene rings is 2. The van der Waals surface area contributed by atoms with E-state index in [-0.39, 0.29) is 17.9 Å². The SMILES string of the molecule is CCOc1ccccc1-c1nc(Cn2ccn3nc(-c4ccc(F)cc4)cc3c2=O)c(C)o1. The summed E-state index contributed by atoms with van der Waals surface area (Å²) in [7, 11) is 0. The lowest BCUT2D eigenvalue weighted by Gasteiger charge is -2.06. The van der Waals surface area contributed by atoms with E-state index in [0.717, 1.165) is 11.1 Å². The van der Waals surface area contributed by atoms with Gasteiger partial charge in [0.15, 0.2) is 0 Å². The van der Waals surface area contributed by atoms with E-state index in [2.05, 4.69) is 10.1 Å². The summed E-state index contributed by atoms with van der Waals surface area (Å²) >= 11 is 0. The summed E-state index contributed by atoms with van der Waals surface area (Å²) in [6.07, 6.45) is 3.38. The smallest absolute Gasteiger partial charge is 0.276 e. The number of fused-ring (bicyclic) bond motifs is 1. The fourth-order valence-corrected chi connectivity index (χ4v) is 3.69. The van der Waals surface area contributed by atoms with Gasteiger partial charge in [-0.1, -0.05) is 12.1 Å². The van der Waals surface area contributed by atoms with Gasteiger partial charge in [-0.3, -0.25) is 4.79 Å². The average Bonchev–Trinajstić information content (AvgIpc) is 3.41. The van der Waals surface area contributed by atoms with Gasteiger partial charge in [0.2, 0.25) is 5.89 Å². The summed E-state index contributed by atoms with van der Waals surface area (Å²) in [4.78, 5) is 17.8. The van der Waals surface area contributed by atoms with Crippen molar-refractivity contribution in [2.45, 2.75) is 20.4 Å². The molecule has 0 aliphatic rings. The van der Waals surface area contributed by atoms with E-state index in [1.807, 2.05) is 38.1 Å². The third-order valence-corrected chi connectivity index (χ3v) is 5.37. The molecule has 0 bridgehead atoms. The van der Waals surface area contributed by atoms with Crippen molar-refractivity contribution in [3.05, 3.63) is 94.6 Å². The number of para-hydroxylation sites is 1. The highest BCUT2D eigenvalue weighted by atomic mass is 19.1. The van der Waals surface area contributed by atoms with Gasteiger partial charge in [0, 0.05) is 18.0 Å². The first-order valence-electron chi connectivity index (χ1n) is 10.6. The maximum Gasteiger partial charge on any atom is 0.276 e. The second kappa shape index (κ2) is 8.38. The normalized spacial score (nSPS) is 11.2. The molecule has 0 radical (unpaired) electrons. The molecular formula is C25H21FN4O3. The third kappa shape index (κ3) is 3.91. The summed E-state index contributed by atoms with van der Waals surface area (Å²) in [6, 6.07) is 15.3. The van der Waals surface area contributed by atoms with Gasteiger partial charge in [-0.05, 0) is 56.3 Å². The first-order valence-corrected chi connectivity index (χ1v) is 10.6. The molecule has 5 aromatic rings. The minimum absolute atomic E-state index is 0.211. The number of nitrogens with zero attached hydrogens (tertiary/aromatic N) is 4. The highest BCUT2D eigenvalue weighted by Gasteiger charge is 2.17. The topological polar surface area (TPSA) is 74.6 Å². The molecule has 0 saturated heterocycles. The quantitative estimate of drug-likeness (QED) is 0.379. The van der Waals surface area contributed by atoms with Crippen LogP contribution in [-0.4, -0.2) is 25.8 Å². The monoisotopic (exact) mass is 444 g/mol. The molecule has 0 fully saturated rings. The van der Waals surface area contributed by atoms with Gasteiger partial charge < -0.3 is 13.7 Å². The highest BCUT2D eigenvalue weighted by Crippen LogP contribution is 2.30. The Morgan fingerprint density at radius 2 is 1.88 bits per heavy atom. The molecule has 0 atom stereocenters. The van der Waals surface area contributed by atoms with Crippen molar-refractivity contribution in [1.29, 1.82) is 0 Å². The molecule has 0 aliphatic carbocycles. The molecule has 3 heterocycles. The second-order valence-electron chi connectivity index (χ2n) is 7.55. The zero-order chi connectivity index (χ0) is 22.9. The summed E-state index contributed by atoms with van der Waals surface area (Å²) in [5.74, 6) is 1.45. The van der Waals surface area contributed by atoms with Crippen molar-refractivity contribution in [2.75, 3.05) is 6.61 Å². The molecule has 0 aliphatic heterocycles. The highest BCUT2D eigenvalue weighted by molar-refractivity contribution is 5.65. The van der Waals surface area contributed by atoms with E-state index >= 15 is 0 Å². The average molecular weight is 444 g/mol. The zero-order valence-electron chi connectivity index (χ0n) is 18.2. The van der Waals surface area contributed by atoms with Crippen LogP contribution in [0.25, 0.3) is 28.2 Å². The van der Waals surface area contributed by atoms with Crippen LogP contribution >= 0.6 is 0 Å². The molecule has 0 amide bonds. The molecule has 166 valence electrons. The van der Waals surface area contributed by atoms with Crippen LogP contribution in [0.15, 0.2) is 76.2 Å². The van der Waals surface area contributed by atoms with Gasteiger partial charge >= 0.3 is 0 Å². The Labute approximate surface area is 188 Å². The molecule has 0 spiro atoms. The van der Waals surface area contributed by atoms with Crippen LogP contribution in [0.5, 0.6) is 5.75 Å². The number of ether oxygens (including phenoxy) is 1. The molecular weight excluding hydrogens is 423 g/mol. The van der Waals surface area contributed by atoms with Gasteiger partial charge in [-0.25, -0.2) is 13.9 Å². The Morgan fingerprint density at radius 1 is 1.09 bits per heavy atom. The number of oxazole rings is 1. The van der Waals surface area contributed by atoms with Crippen LogP contribution in [0.2, 0.25) is 0 Å². The standard InChI is InChI=1S/C25H21FN4O3/c1-3-32-23-7-5-4-6-19(23)24-27-21(16(2)33-24)15-29-12-13-30-22(25(29)31)14-20(28-30)17-8-10-18(26)11-9-17/h4-14H,3,15H2,1-2H3. The van der Waals surface area contributed by atoms with Gasteiger partial charge in [-0.2, -0.15) is 5.10 Å². The first-order chi connectivity index (χ1) is 16.0. The van der Waals surface area contributed by atoms with Crippen LogP contribution in [0.4, 0.5) is 4.39 Å². The molecule has 5 rings (SSSR count). The lowest BCUT2D eigenvalue weighted by Crippen LogP contribution is -2.22. The fraction of sp³-hybridized carbons (Fsp3) is 0.160. The first kappa shape index (κ1) is 20.7. The van der Waals surface area contributed by atoms with E-state index in [0.29, 0.717) is 40.9 Å². The molecule has 0 saturated carbocycles. The summed E-state index contributed by atoms with van der Waals surface area (Å²) in [5.41, 5.74) is 2.95. The maximum atomic E-state index is 13.2. The maximum absolute atomic E-state index is 13.2. The van der Waals surface area contributed by atoms with Crippen LogP contribution < -0.4 is 10.3 Å². The number of rotatable bonds is 6. The van der Waals surface area contributed by atoms with E-state index < -0.39 is 0 Å². The number of aromatic nitrogens is 4. The summed E-state index contributed by atoms with van der Waals surface area (Å²) in [6.45, 7) is 4.52. The predicted molar refractivity (Wildman–Crippen MR) is 122 cm³/mol. The van der Waals surface area contributed by atoms with Crippen molar-refractivity contribution >= 4 is 5.52 Å². The Hall–Kier alpha value is -4.20. The minimum Gasteiger partial charge on any atom is -0.493 e. The molecule has 8 heteroatoms. The van der Waals surface area contributed by atoms with E-state index in [9.17, 15) is 9.18 Å². The molecule has 3 aromatic heterocycles. The van der Waals surface area contributed by atoms with E-state index in [1.54, 1.807) is 35.2 Å². The molecule has 2 aromatic carbocycles. The van der Waals surface area contributed by atoms with Crippen molar-refractivity contribution in [1.82, 2.24) is 19.2 Å². The van der Waals surface area contributed by atoms with Gasteiger partial charge in [-0.15, -0.1) is 0 Å². The van der Waals surface area contributed by atoms with Crippen LogP contribution in [0, 0.1) is 12.7 Å². The summed E-state index contributed by atoms with van der Waals surface area (Å²) in [5, 5.41) is 4.44. The number of hydrogen-bond donors (Lipinski definition) is 0. The Kier molecular flexibility index (Phi) is 5.26. The summed E-state index contributed by atoms with van der Waals surface area (Å²) < 4.78 is 27.9. The molecule has 33 heavy (non-hydrogen) atoms. The van der Waals surface area contributed by atoms with Gasteiger partial charge in [0.25, 0.3) is 5.56 Å². The molecule has 7 nitrogen and oxygen atoms in total. The third-order valence-electron chi connectivity index (χ3n) is 5.37. The lowest BCUT2D eigenvalue weighted by atomic mass is 10.1. The lowest BCUT2D eigenvalue weighted by molar-refractivity contribution is 0.340. The number of aryl methyl sites for hydroxylation is 1. The van der Waals surface area contributed by atoms with Crippen LogP contribution in [0.3, 0.4) is 0 Å². The van der Waals surface area contributed by atoms with Crippen LogP contribution in [0.1, 0.15) is 18.4 Å². The number of halogens is 1. The van der Waals surface area contributed by atoms with Crippen molar-refractivity contribution in [3.8, 4) is 28.5 Å². The Balaban J connectivity index is 1.48. The Morgan fingerprint density at radius 3 is 2.67 bits per heavy atom. The second-order valence-corrected chi connectivity index (χ2v) is 7.55. The van der Waals surface area contributed by atoms with E-state index in [4.69, 9.17) is 9.15 Å². The zero-order valence-corrected chi connectivity index (χ0v) is 18.2. The van der Waals surface area contributed by atoms with Crippen molar-refractivity contribution in [3.63, 3.8) is 0 Å². The number of hydrogen-bond acceptors (Lipinski definition) is 5. The van der Waals surface area contributed by atoms with Gasteiger partial charge in [0.1, 0.15) is 28.5 Å². The minimum atomic E-state index is -0.323. The van der Waals surface area contributed by atoms with Crippen molar-refractivity contribution < 1.29 is 13.5 Å². The largest absolute Gasteiger partial charge is 0.493 e. The van der Waals surface area contributed by atoms with Gasteiger partial charge in [0.05, 0.1) is 24.4 Å². The van der Waals surface area contributed by atoms with E-state index in [1.165, 1.54) is 16.6 Å². The molecule has 0 N–H and O–H groups in total. The van der Waals surface area contributed by atoms with Crippen molar-refractivity contribution in [2.24, 2.45) is 0 Å². The fourth-order valence-electron chi connectivity index (χ4n) is 3.69. The predicted octanol–water partition coefficient (Wildman–Crippen LogP) is 4.71. The Bertz CT molecular complexity index is 1500.